The van der Waals surface area contributed by atoms with Crippen molar-refractivity contribution in [2.24, 2.45) is 0 Å². The van der Waals surface area contributed by atoms with Crippen LogP contribution in [-0.4, -0.2) is 41.3 Å². The third kappa shape index (κ3) is 3.05. The van der Waals surface area contributed by atoms with Crippen LogP contribution in [-0.2, 0) is 14.6 Å². The molecule has 0 spiro atoms. The predicted molar refractivity (Wildman–Crippen MR) is 66.7 cm³/mol. The number of amides is 1. The van der Waals surface area contributed by atoms with E-state index >= 15 is 0 Å². The molecule has 2 N–H and O–H groups in total. The van der Waals surface area contributed by atoms with Crippen LogP contribution in [0.3, 0.4) is 0 Å². The maximum atomic E-state index is 11.6. The molecule has 0 aliphatic carbocycles. The van der Waals surface area contributed by atoms with E-state index in [9.17, 15) is 18.0 Å². The van der Waals surface area contributed by atoms with Gasteiger partial charge in [0.15, 0.2) is 9.84 Å². The standard InChI is InChI=1S/C9H12N2O5S2/c1-4-6(9(13)14)8(17-11-4)10-7(12)5(2)18(3,15)16/h5H,1-3H3,(H,10,12)(H,13,14). The van der Waals surface area contributed by atoms with Crippen LogP contribution in [0, 0.1) is 6.92 Å². The fraction of sp³-hybridized carbons (Fsp3) is 0.444. The molecule has 0 radical (unpaired) electrons. The fourth-order valence-electron chi connectivity index (χ4n) is 1.11. The predicted octanol–water partition coefficient (Wildman–Crippen LogP) is 0.521. The zero-order valence-corrected chi connectivity index (χ0v) is 11.6. The number of rotatable bonds is 4. The number of nitrogens with zero attached hydrogens (tertiary/aromatic N) is 1. The summed E-state index contributed by atoms with van der Waals surface area (Å²) in [4.78, 5) is 22.6. The molecule has 9 heteroatoms. The first-order valence-corrected chi connectivity index (χ1v) is 7.56. The number of nitrogens with one attached hydrogen (secondary N) is 1. The third-order valence-electron chi connectivity index (χ3n) is 2.32. The quantitative estimate of drug-likeness (QED) is 0.836. The number of aromatic nitrogens is 1. The molecule has 0 fully saturated rings. The lowest BCUT2D eigenvalue weighted by atomic mass is 10.2. The first-order valence-electron chi connectivity index (χ1n) is 4.84. The summed E-state index contributed by atoms with van der Waals surface area (Å²) in [7, 11) is -3.52. The van der Waals surface area contributed by atoms with E-state index in [-0.39, 0.29) is 16.3 Å². The summed E-state index contributed by atoms with van der Waals surface area (Å²) < 4.78 is 26.2. The summed E-state index contributed by atoms with van der Waals surface area (Å²) in [6.07, 6.45) is 0.938. The molecule has 1 rings (SSSR count). The Balaban J connectivity index is 3.00. The second-order valence-corrected chi connectivity index (χ2v) is 6.88. The van der Waals surface area contributed by atoms with Gasteiger partial charge in [0, 0.05) is 6.26 Å². The van der Waals surface area contributed by atoms with E-state index in [0.29, 0.717) is 0 Å². The number of anilines is 1. The highest BCUT2D eigenvalue weighted by atomic mass is 32.2. The number of carbonyl (C=O) groups excluding carboxylic acids is 1. The van der Waals surface area contributed by atoms with Gasteiger partial charge in [-0.15, -0.1) is 0 Å². The van der Waals surface area contributed by atoms with Gasteiger partial charge in [-0.25, -0.2) is 13.2 Å². The molecule has 0 saturated heterocycles. The second-order valence-electron chi connectivity index (χ2n) is 3.74. The normalized spacial score (nSPS) is 13.1. The molecule has 0 aliphatic heterocycles. The highest BCUT2D eigenvalue weighted by molar-refractivity contribution is 7.92. The van der Waals surface area contributed by atoms with E-state index < -0.39 is 27.0 Å². The fourth-order valence-corrected chi connectivity index (χ4v) is 2.35. The zero-order valence-electron chi connectivity index (χ0n) is 9.92. The van der Waals surface area contributed by atoms with Crippen LogP contribution in [0.25, 0.3) is 0 Å². The largest absolute Gasteiger partial charge is 0.478 e. The van der Waals surface area contributed by atoms with Crippen molar-refractivity contribution in [1.29, 1.82) is 0 Å². The third-order valence-corrected chi connectivity index (χ3v) is 4.68. The molecule has 0 bridgehead atoms. The number of carboxylic acids is 1. The van der Waals surface area contributed by atoms with E-state index in [2.05, 4.69) is 9.69 Å². The summed E-state index contributed by atoms with van der Waals surface area (Å²) in [6.45, 7) is 2.73. The van der Waals surface area contributed by atoms with E-state index in [1.807, 2.05) is 0 Å². The van der Waals surface area contributed by atoms with Gasteiger partial charge in [-0.2, -0.15) is 4.37 Å². The number of hydrogen-bond acceptors (Lipinski definition) is 6. The lowest BCUT2D eigenvalue weighted by molar-refractivity contribution is -0.115. The topological polar surface area (TPSA) is 113 Å². The molecule has 0 saturated carbocycles. The van der Waals surface area contributed by atoms with Crippen molar-refractivity contribution in [2.45, 2.75) is 19.1 Å². The Morgan fingerprint density at radius 1 is 1.44 bits per heavy atom. The van der Waals surface area contributed by atoms with Gasteiger partial charge in [0.05, 0.1) is 5.69 Å². The minimum absolute atomic E-state index is 0.0421. The van der Waals surface area contributed by atoms with Gasteiger partial charge in [-0.05, 0) is 25.4 Å². The second kappa shape index (κ2) is 5.02. The summed E-state index contributed by atoms with van der Waals surface area (Å²) in [5.41, 5.74) is 0.156. The number of hydrogen-bond donors (Lipinski definition) is 2. The zero-order chi connectivity index (χ0) is 14.1. The van der Waals surface area contributed by atoms with E-state index in [4.69, 9.17) is 5.11 Å². The summed E-state index contributed by atoms with van der Waals surface area (Å²) >= 11 is 0.803. The smallest absolute Gasteiger partial charge is 0.340 e. The maximum absolute atomic E-state index is 11.6. The van der Waals surface area contributed by atoms with Crippen LogP contribution >= 0.6 is 11.5 Å². The SMILES string of the molecule is Cc1nsc(NC(=O)C(C)S(C)(=O)=O)c1C(=O)O. The van der Waals surface area contributed by atoms with Gasteiger partial charge in [-0.1, -0.05) is 0 Å². The Hall–Kier alpha value is -1.48. The Bertz CT molecular complexity index is 590. The molecule has 1 heterocycles. The Morgan fingerprint density at radius 3 is 2.44 bits per heavy atom. The minimum atomic E-state index is -3.52. The van der Waals surface area contributed by atoms with Crippen LogP contribution < -0.4 is 5.32 Å². The minimum Gasteiger partial charge on any atom is -0.478 e. The van der Waals surface area contributed by atoms with Crippen molar-refractivity contribution in [3.63, 3.8) is 0 Å². The van der Waals surface area contributed by atoms with Gasteiger partial charge >= 0.3 is 5.97 Å². The molecule has 1 unspecified atom stereocenters. The lowest BCUT2D eigenvalue weighted by Gasteiger charge is -2.09. The summed E-state index contributed by atoms with van der Waals surface area (Å²) in [6, 6.07) is 0. The van der Waals surface area contributed by atoms with Crippen molar-refractivity contribution in [3.05, 3.63) is 11.3 Å². The van der Waals surface area contributed by atoms with Crippen molar-refractivity contribution in [1.82, 2.24) is 4.37 Å². The molecule has 1 aromatic rings. The van der Waals surface area contributed by atoms with Gasteiger partial charge in [0.2, 0.25) is 5.91 Å². The van der Waals surface area contributed by atoms with Gasteiger partial charge < -0.3 is 10.4 Å². The van der Waals surface area contributed by atoms with Crippen LogP contribution in [0.2, 0.25) is 0 Å². The molecule has 0 aliphatic rings. The highest BCUT2D eigenvalue weighted by Gasteiger charge is 2.26. The van der Waals surface area contributed by atoms with Crippen LogP contribution in [0.1, 0.15) is 23.0 Å². The van der Waals surface area contributed by atoms with Gasteiger partial charge in [0.25, 0.3) is 0 Å². The van der Waals surface area contributed by atoms with E-state index in [0.717, 1.165) is 17.8 Å². The highest BCUT2D eigenvalue weighted by Crippen LogP contribution is 2.24. The Morgan fingerprint density at radius 2 is 2.00 bits per heavy atom. The Kier molecular flexibility index (Phi) is 4.07. The van der Waals surface area contributed by atoms with E-state index in [1.54, 1.807) is 0 Å². The first kappa shape index (κ1) is 14.6. The lowest BCUT2D eigenvalue weighted by Crippen LogP contribution is -2.31. The van der Waals surface area contributed by atoms with Gasteiger partial charge in [-0.3, -0.25) is 4.79 Å². The van der Waals surface area contributed by atoms with E-state index in [1.165, 1.54) is 13.8 Å². The average Bonchev–Trinajstić information content (AvgIpc) is 2.57. The molecular formula is C9H12N2O5S2. The van der Waals surface area contributed by atoms with Gasteiger partial charge in [0.1, 0.15) is 15.8 Å². The van der Waals surface area contributed by atoms with Crippen molar-refractivity contribution in [3.8, 4) is 0 Å². The maximum Gasteiger partial charge on any atom is 0.340 e. The molecule has 100 valence electrons. The van der Waals surface area contributed by atoms with Crippen LogP contribution in [0.4, 0.5) is 5.00 Å². The molecule has 1 aromatic heterocycles. The number of carbonyl (C=O) groups is 2. The van der Waals surface area contributed by atoms with Crippen molar-refractivity contribution >= 4 is 38.2 Å². The summed E-state index contributed by atoms with van der Waals surface area (Å²) in [5, 5.41) is 10.0. The molecule has 1 atom stereocenters. The van der Waals surface area contributed by atoms with Crippen LogP contribution in [0.5, 0.6) is 0 Å². The number of sulfone groups is 1. The number of aromatic carboxylic acids is 1. The molecule has 1 amide bonds. The van der Waals surface area contributed by atoms with Crippen molar-refractivity contribution < 1.29 is 23.1 Å². The first-order chi connectivity index (χ1) is 8.14. The molecule has 18 heavy (non-hydrogen) atoms. The summed E-state index contributed by atoms with van der Waals surface area (Å²) in [5.74, 6) is -1.99. The molecular weight excluding hydrogens is 280 g/mol. The Labute approximate surface area is 108 Å². The van der Waals surface area contributed by atoms with Crippen molar-refractivity contribution in [2.75, 3.05) is 11.6 Å². The number of aryl methyl sites for hydroxylation is 1. The molecule has 7 nitrogen and oxygen atoms in total. The average molecular weight is 292 g/mol. The number of carboxylic acid groups (broad SMARTS) is 1. The monoisotopic (exact) mass is 292 g/mol. The van der Waals surface area contributed by atoms with Crippen LogP contribution in [0.15, 0.2) is 0 Å². The molecule has 0 aromatic carbocycles.